The number of hydrogen-bond acceptors (Lipinski definition) is 3. The number of aliphatic carboxylic acids is 1. The molecule has 1 N–H and O–H groups in total. The van der Waals surface area contributed by atoms with Crippen LogP contribution in [0.3, 0.4) is 0 Å². The van der Waals surface area contributed by atoms with Crippen molar-refractivity contribution in [3.8, 4) is 5.75 Å². The average molecular weight is 394 g/mol. The predicted octanol–water partition coefficient (Wildman–Crippen LogP) is 4.55. The average Bonchev–Trinajstić information content (AvgIpc) is 2.64. The summed E-state index contributed by atoms with van der Waals surface area (Å²) in [6, 6.07) is 9.67. The zero-order valence-electron chi connectivity index (χ0n) is 15.4. The standard InChI is InChI=1S/C21H21F3O4/c1-13-16(3-2-4-19(13)21(22,23)24)11-27-17-7-5-15-10-18(28-12-20(25)26)8-6-14(15)9-17/h2-5,7,9,18H,6,8,10-12H2,1H3,(H,25,26). The van der Waals surface area contributed by atoms with Crippen LogP contribution in [0.4, 0.5) is 13.2 Å². The van der Waals surface area contributed by atoms with Crippen LogP contribution >= 0.6 is 0 Å². The molecule has 0 saturated carbocycles. The predicted molar refractivity (Wildman–Crippen MR) is 96.4 cm³/mol. The Hall–Kier alpha value is -2.54. The third kappa shape index (κ3) is 4.84. The lowest BCUT2D eigenvalue weighted by atomic mass is 9.89. The zero-order valence-corrected chi connectivity index (χ0v) is 15.4. The summed E-state index contributed by atoms with van der Waals surface area (Å²) in [5, 5.41) is 8.71. The largest absolute Gasteiger partial charge is 0.489 e. The fraction of sp³-hybridized carbons (Fsp3) is 0.381. The smallest absolute Gasteiger partial charge is 0.416 e. The van der Waals surface area contributed by atoms with Crippen LogP contribution in [0.1, 0.15) is 34.2 Å². The normalized spacial score (nSPS) is 16.5. The van der Waals surface area contributed by atoms with Gasteiger partial charge in [-0.15, -0.1) is 0 Å². The first-order valence-electron chi connectivity index (χ1n) is 8.97. The van der Waals surface area contributed by atoms with Crippen LogP contribution in [0.2, 0.25) is 0 Å². The second kappa shape index (κ2) is 8.22. The van der Waals surface area contributed by atoms with E-state index < -0.39 is 17.7 Å². The molecule has 0 aromatic heterocycles. The summed E-state index contributed by atoms with van der Waals surface area (Å²) in [7, 11) is 0. The van der Waals surface area contributed by atoms with Crippen molar-refractivity contribution in [2.24, 2.45) is 0 Å². The van der Waals surface area contributed by atoms with Gasteiger partial charge >= 0.3 is 12.1 Å². The molecule has 3 rings (SSSR count). The van der Waals surface area contributed by atoms with Crippen molar-refractivity contribution in [3.63, 3.8) is 0 Å². The van der Waals surface area contributed by atoms with E-state index in [-0.39, 0.29) is 24.9 Å². The van der Waals surface area contributed by atoms with Gasteiger partial charge in [0.25, 0.3) is 0 Å². The number of carboxylic acid groups (broad SMARTS) is 1. The number of ether oxygens (including phenoxy) is 2. The maximum atomic E-state index is 13.0. The van der Waals surface area contributed by atoms with E-state index in [4.69, 9.17) is 14.6 Å². The zero-order chi connectivity index (χ0) is 20.3. The molecule has 28 heavy (non-hydrogen) atoms. The highest BCUT2D eigenvalue weighted by Gasteiger charge is 2.32. The summed E-state index contributed by atoms with van der Waals surface area (Å²) in [6.45, 7) is 1.20. The topological polar surface area (TPSA) is 55.8 Å². The lowest BCUT2D eigenvalue weighted by Crippen LogP contribution is -2.25. The van der Waals surface area contributed by atoms with Crippen molar-refractivity contribution >= 4 is 5.97 Å². The Balaban J connectivity index is 1.65. The minimum absolute atomic E-state index is 0.0545. The molecule has 1 aliphatic carbocycles. The van der Waals surface area contributed by atoms with Crippen molar-refractivity contribution < 1.29 is 32.5 Å². The Kier molecular flexibility index (Phi) is 5.93. The first-order valence-corrected chi connectivity index (χ1v) is 8.97. The molecule has 0 spiro atoms. The quantitative estimate of drug-likeness (QED) is 0.781. The summed E-state index contributed by atoms with van der Waals surface area (Å²) in [5.41, 5.74) is 2.19. The van der Waals surface area contributed by atoms with Crippen molar-refractivity contribution in [2.45, 2.75) is 45.1 Å². The van der Waals surface area contributed by atoms with Gasteiger partial charge in [-0.1, -0.05) is 18.2 Å². The van der Waals surface area contributed by atoms with Gasteiger partial charge < -0.3 is 14.6 Å². The molecule has 1 unspecified atom stereocenters. The van der Waals surface area contributed by atoms with E-state index >= 15 is 0 Å². The molecule has 0 aliphatic heterocycles. The van der Waals surface area contributed by atoms with E-state index in [1.165, 1.54) is 13.0 Å². The molecular formula is C21H21F3O4. The molecule has 2 aromatic rings. The number of halogens is 3. The number of aryl methyl sites for hydroxylation is 1. The molecule has 0 amide bonds. The molecule has 7 heteroatoms. The van der Waals surface area contributed by atoms with E-state index in [0.717, 1.165) is 30.0 Å². The van der Waals surface area contributed by atoms with Crippen LogP contribution in [0.15, 0.2) is 36.4 Å². The summed E-state index contributed by atoms with van der Waals surface area (Å²) < 4.78 is 50.2. The lowest BCUT2D eigenvalue weighted by Gasteiger charge is -2.25. The van der Waals surface area contributed by atoms with E-state index in [2.05, 4.69) is 0 Å². The Morgan fingerprint density at radius 1 is 1.21 bits per heavy atom. The lowest BCUT2D eigenvalue weighted by molar-refractivity contribution is -0.144. The summed E-state index contributed by atoms with van der Waals surface area (Å²) >= 11 is 0. The first-order chi connectivity index (χ1) is 13.2. The Labute approximate surface area is 160 Å². The fourth-order valence-corrected chi connectivity index (χ4v) is 3.43. The van der Waals surface area contributed by atoms with Crippen LogP contribution in [0.25, 0.3) is 0 Å². The van der Waals surface area contributed by atoms with Crippen molar-refractivity contribution in [3.05, 3.63) is 64.2 Å². The molecule has 4 nitrogen and oxygen atoms in total. The van der Waals surface area contributed by atoms with Crippen LogP contribution in [-0.2, 0) is 35.2 Å². The monoisotopic (exact) mass is 394 g/mol. The summed E-state index contributed by atoms with van der Waals surface area (Å²) in [5.74, 6) is -0.389. The third-order valence-corrected chi connectivity index (χ3v) is 4.95. The number of hydrogen-bond donors (Lipinski definition) is 1. The highest BCUT2D eigenvalue weighted by atomic mass is 19.4. The second-order valence-corrected chi connectivity index (χ2v) is 6.88. The number of rotatable bonds is 6. The van der Waals surface area contributed by atoms with Gasteiger partial charge in [0.05, 0.1) is 11.7 Å². The van der Waals surface area contributed by atoms with Crippen molar-refractivity contribution in [2.75, 3.05) is 6.61 Å². The second-order valence-electron chi connectivity index (χ2n) is 6.88. The number of carbonyl (C=O) groups is 1. The van der Waals surface area contributed by atoms with Crippen LogP contribution in [0.5, 0.6) is 5.75 Å². The number of carboxylic acids is 1. The van der Waals surface area contributed by atoms with Gasteiger partial charge in [-0.25, -0.2) is 4.79 Å². The Morgan fingerprint density at radius 2 is 2.00 bits per heavy atom. The number of fused-ring (bicyclic) bond motifs is 1. The minimum atomic E-state index is -4.38. The molecule has 2 aromatic carbocycles. The van der Waals surface area contributed by atoms with E-state index in [1.807, 2.05) is 12.1 Å². The van der Waals surface area contributed by atoms with E-state index in [9.17, 15) is 18.0 Å². The van der Waals surface area contributed by atoms with Crippen LogP contribution in [0, 0.1) is 6.92 Å². The van der Waals surface area contributed by atoms with E-state index in [0.29, 0.717) is 17.7 Å². The van der Waals surface area contributed by atoms with Gasteiger partial charge in [0, 0.05) is 0 Å². The van der Waals surface area contributed by atoms with Gasteiger partial charge in [-0.2, -0.15) is 13.2 Å². The van der Waals surface area contributed by atoms with Crippen LogP contribution in [-0.4, -0.2) is 23.8 Å². The first kappa shape index (κ1) is 20.2. The van der Waals surface area contributed by atoms with Gasteiger partial charge in [-0.3, -0.25) is 0 Å². The molecule has 0 bridgehead atoms. The molecule has 0 radical (unpaired) electrons. The molecular weight excluding hydrogens is 373 g/mol. The molecule has 0 saturated heterocycles. The number of benzene rings is 2. The minimum Gasteiger partial charge on any atom is -0.489 e. The Bertz CT molecular complexity index is 861. The molecule has 150 valence electrons. The van der Waals surface area contributed by atoms with Crippen LogP contribution < -0.4 is 4.74 Å². The molecule has 1 aliphatic rings. The van der Waals surface area contributed by atoms with Gasteiger partial charge in [0.15, 0.2) is 0 Å². The number of alkyl halides is 3. The Morgan fingerprint density at radius 3 is 2.71 bits per heavy atom. The van der Waals surface area contributed by atoms with Gasteiger partial charge in [0.1, 0.15) is 19.0 Å². The van der Waals surface area contributed by atoms with E-state index in [1.54, 1.807) is 12.1 Å². The molecule has 0 heterocycles. The maximum absolute atomic E-state index is 13.0. The maximum Gasteiger partial charge on any atom is 0.416 e. The summed E-state index contributed by atoms with van der Waals surface area (Å²) in [6.07, 6.45) is -2.42. The fourth-order valence-electron chi connectivity index (χ4n) is 3.43. The highest BCUT2D eigenvalue weighted by Crippen LogP contribution is 2.33. The van der Waals surface area contributed by atoms with Crippen molar-refractivity contribution in [1.29, 1.82) is 0 Å². The molecule has 0 fully saturated rings. The van der Waals surface area contributed by atoms with Gasteiger partial charge in [-0.05, 0) is 66.6 Å². The third-order valence-electron chi connectivity index (χ3n) is 4.95. The highest BCUT2D eigenvalue weighted by molar-refractivity contribution is 5.68. The van der Waals surface area contributed by atoms with Crippen molar-refractivity contribution in [1.82, 2.24) is 0 Å². The molecule has 1 atom stereocenters. The van der Waals surface area contributed by atoms with Gasteiger partial charge in [0.2, 0.25) is 0 Å². The summed E-state index contributed by atoms with van der Waals surface area (Å²) in [4.78, 5) is 10.6. The SMILES string of the molecule is Cc1c(COc2ccc3c(c2)CCC(OCC(=O)O)C3)cccc1C(F)(F)F.